The van der Waals surface area contributed by atoms with E-state index < -0.39 is 9.89 Å². The maximum Gasteiger partial charge on any atom is 0.326 e. The first-order valence-corrected chi connectivity index (χ1v) is 5.52. The molecule has 1 rings (SSSR count). The van der Waals surface area contributed by atoms with Crippen LogP contribution in [0.15, 0.2) is 18.6 Å². The summed E-state index contributed by atoms with van der Waals surface area (Å²) in [4.78, 5) is 30.4. The molecule has 0 fully saturated rings. The van der Waals surface area contributed by atoms with E-state index in [9.17, 15) is 9.59 Å². The molecular weight excluding hydrogens is 311 g/mol. The molecule has 15 heavy (non-hydrogen) atoms. The molecule has 1 aromatic rings. The summed E-state index contributed by atoms with van der Waals surface area (Å²) >= 11 is 1.74. The van der Waals surface area contributed by atoms with E-state index in [-0.39, 0.29) is 18.1 Å². The van der Waals surface area contributed by atoms with Crippen LogP contribution in [0.5, 0.6) is 0 Å². The van der Waals surface area contributed by atoms with Gasteiger partial charge in [0.05, 0.1) is 6.61 Å². The quantitative estimate of drug-likeness (QED) is 0.272. The van der Waals surface area contributed by atoms with Crippen LogP contribution in [0.25, 0.3) is 0 Å². The molecular formula is C9H9IN2O3. The van der Waals surface area contributed by atoms with E-state index in [4.69, 9.17) is 4.74 Å². The van der Waals surface area contributed by atoms with E-state index in [1.165, 1.54) is 18.6 Å². The number of alkyl halides is 1. The Balaban J connectivity index is 2.73. The second kappa shape index (κ2) is 5.74. The van der Waals surface area contributed by atoms with Crippen molar-refractivity contribution in [1.29, 1.82) is 0 Å². The number of carbonyl (C=O) groups excluding carboxylic acids is 2. The van der Waals surface area contributed by atoms with E-state index in [2.05, 4.69) is 9.97 Å². The monoisotopic (exact) mass is 320 g/mol. The molecule has 80 valence electrons. The van der Waals surface area contributed by atoms with E-state index >= 15 is 0 Å². The van der Waals surface area contributed by atoms with Gasteiger partial charge in [0, 0.05) is 6.20 Å². The average Bonchev–Trinajstić information content (AvgIpc) is 2.28. The van der Waals surface area contributed by atoms with Gasteiger partial charge in [-0.15, -0.1) is 0 Å². The Kier molecular flexibility index (Phi) is 4.60. The van der Waals surface area contributed by atoms with Gasteiger partial charge < -0.3 is 4.74 Å². The van der Waals surface area contributed by atoms with Crippen LogP contribution in [0.4, 0.5) is 0 Å². The van der Waals surface area contributed by atoms with Gasteiger partial charge >= 0.3 is 5.97 Å². The van der Waals surface area contributed by atoms with E-state index in [1.54, 1.807) is 29.5 Å². The van der Waals surface area contributed by atoms with Crippen molar-refractivity contribution >= 4 is 34.3 Å². The van der Waals surface area contributed by atoms with Crippen LogP contribution in [0.1, 0.15) is 17.4 Å². The van der Waals surface area contributed by atoms with E-state index in [0.717, 1.165) is 0 Å². The Morgan fingerprint density at radius 3 is 2.87 bits per heavy atom. The van der Waals surface area contributed by atoms with Crippen molar-refractivity contribution in [2.45, 2.75) is 10.8 Å². The van der Waals surface area contributed by atoms with Crippen LogP contribution in [-0.2, 0) is 9.53 Å². The molecule has 0 bridgehead atoms. The number of ether oxygens (including phenoxy) is 1. The lowest BCUT2D eigenvalue weighted by Crippen LogP contribution is -2.27. The number of esters is 1. The fourth-order valence-electron chi connectivity index (χ4n) is 0.889. The normalized spacial score (nSPS) is 11.9. The Bertz CT molecular complexity index is 356. The standard InChI is InChI=1S/C9H9IN2O3/c1-2-15-9(14)7(10)8(13)6-3-4-11-5-12-6/h3-5,7H,2H2,1H3. The van der Waals surface area contributed by atoms with E-state index in [1.807, 2.05) is 0 Å². The topological polar surface area (TPSA) is 69.2 Å². The molecule has 0 radical (unpaired) electrons. The van der Waals surface area contributed by atoms with Gasteiger partial charge in [-0.1, -0.05) is 22.6 Å². The predicted octanol–water partition coefficient (Wildman–Crippen LogP) is 1.03. The highest BCUT2D eigenvalue weighted by Gasteiger charge is 2.26. The molecule has 0 N–H and O–H groups in total. The van der Waals surface area contributed by atoms with Gasteiger partial charge in [-0.3, -0.25) is 9.59 Å². The van der Waals surface area contributed by atoms with Crippen molar-refractivity contribution in [3.63, 3.8) is 0 Å². The van der Waals surface area contributed by atoms with Crippen molar-refractivity contribution in [2.75, 3.05) is 6.61 Å². The molecule has 0 aliphatic rings. The van der Waals surface area contributed by atoms with Gasteiger partial charge in [-0.25, -0.2) is 9.97 Å². The SMILES string of the molecule is CCOC(=O)C(I)C(=O)c1ccncn1. The zero-order valence-corrected chi connectivity index (χ0v) is 10.2. The lowest BCUT2D eigenvalue weighted by Gasteiger charge is -2.06. The van der Waals surface area contributed by atoms with Crippen LogP contribution in [0, 0.1) is 0 Å². The zero-order valence-electron chi connectivity index (χ0n) is 8.01. The van der Waals surface area contributed by atoms with Gasteiger partial charge in [-0.2, -0.15) is 0 Å². The molecule has 1 atom stereocenters. The number of hydrogen-bond acceptors (Lipinski definition) is 5. The van der Waals surface area contributed by atoms with Crippen LogP contribution in [0.2, 0.25) is 0 Å². The highest BCUT2D eigenvalue weighted by atomic mass is 127. The number of rotatable bonds is 4. The van der Waals surface area contributed by atoms with Crippen molar-refractivity contribution in [3.05, 3.63) is 24.3 Å². The molecule has 0 saturated carbocycles. The molecule has 1 aromatic heterocycles. The lowest BCUT2D eigenvalue weighted by molar-refractivity contribution is -0.141. The lowest BCUT2D eigenvalue weighted by atomic mass is 10.2. The highest BCUT2D eigenvalue weighted by molar-refractivity contribution is 14.1. The Morgan fingerprint density at radius 2 is 2.33 bits per heavy atom. The van der Waals surface area contributed by atoms with Gasteiger partial charge in [0.25, 0.3) is 0 Å². The maximum atomic E-state index is 11.7. The maximum absolute atomic E-state index is 11.7. The second-order valence-corrected chi connectivity index (χ2v) is 3.82. The average molecular weight is 320 g/mol. The predicted molar refractivity (Wildman–Crippen MR) is 60.8 cm³/mol. The molecule has 0 aliphatic carbocycles. The van der Waals surface area contributed by atoms with E-state index in [0.29, 0.717) is 0 Å². The third-order valence-corrected chi connectivity index (χ3v) is 2.63. The minimum atomic E-state index is -0.850. The van der Waals surface area contributed by atoms with Crippen molar-refractivity contribution in [2.24, 2.45) is 0 Å². The molecule has 1 unspecified atom stereocenters. The summed E-state index contributed by atoms with van der Waals surface area (Å²) in [7, 11) is 0. The first-order chi connectivity index (χ1) is 7.16. The first kappa shape index (κ1) is 12.0. The van der Waals surface area contributed by atoms with Gasteiger partial charge in [-0.05, 0) is 13.0 Å². The van der Waals surface area contributed by atoms with Crippen molar-refractivity contribution < 1.29 is 14.3 Å². The summed E-state index contributed by atoms with van der Waals surface area (Å²) in [5, 5.41) is 0. The largest absolute Gasteiger partial charge is 0.465 e. The summed E-state index contributed by atoms with van der Waals surface area (Å²) in [6, 6.07) is 1.47. The van der Waals surface area contributed by atoms with Gasteiger partial charge in [0.15, 0.2) is 3.92 Å². The molecule has 1 heterocycles. The summed E-state index contributed by atoms with van der Waals surface area (Å²) < 4.78 is 3.89. The Hall–Kier alpha value is -1.05. The minimum absolute atomic E-state index is 0.220. The fraction of sp³-hybridized carbons (Fsp3) is 0.333. The minimum Gasteiger partial charge on any atom is -0.465 e. The van der Waals surface area contributed by atoms with Gasteiger partial charge in [0.1, 0.15) is 12.0 Å². The summed E-state index contributed by atoms with van der Waals surface area (Å²) in [6.45, 7) is 1.95. The molecule has 0 aliphatic heterocycles. The highest BCUT2D eigenvalue weighted by Crippen LogP contribution is 2.10. The van der Waals surface area contributed by atoms with Gasteiger partial charge in [0.2, 0.25) is 5.78 Å². The summed E-state index contributed by atoms with van der Waals surface area (Å²) in [6.07, 6.45) is 2.72. The number of carbonyl (C=O) groups is 2. The summed E-state index contributed by atoms with van der Waals surface area (Å²) in [5.74, 6) is -0.904. The molecule has 5 nitrogen and oxygen atoms in total. The molecule has 0 amide bonds. The number of Topliss-reactive ketones (excluding diaryl/α,β-unsaturated/α-hetero) is 1. The number of aromatic nitrogens is 2. The first-order valence-electron chi connectivity index (χ1n) is 4.27. The number of nitrogens with zero attached hydrogens (tertiary/aromatic N) is 2. The van der Waals surface area contributed by atoms with Crippen LogP contribution < -0.4 is 0 Å². The van der Waals surface area contributed by atoms with Crippen LogP contribution in [0.3, 0.4) is 0 Å². The second-order valence-electron chi connectivity index (χ2n) is 2.57. The molecule has 0 spiro atoms. The van der Waals surface area contributed by atoms with Crippen molar-refractivity contribution in [1.82, 2.24) is 9.97 Å². The fourth-order valence-corrected chi connectivity index (χ4v) is 1.39. The van der Waals surface area contributed by atoms with Crippen LogP contribution >= 0.6 is 22.6 Å². The smallest absolute Gasteiger partial charge is 0.326 e. The third-order valence-electron chi connectivity index (χ3n) is 1.56. The van der Waals surface area contributed by atoms with Crippen molar-refractivity contribution in [3.8, 4) is 0 Å². The summed E-state index contributed by atoms with van der Waals surface area (Å²) in [5.41, 5.74) is 0.220. The Labute approximate surface area is 100 Å². The molecule has 0 saturated heterocycles. The third kappa shape index (κ3) is 3.22. The number of ketones is 1. The number of halogens is 1. The Morgan fingerprint density at radius 1 is 1.60 bits per heavy atom. The van der Waals surface area contributed by atoms with Crippen LogP contribution in [-0.4, -0.2) is 32.3 Å². The molecule has 0 aromatic carbocycles. The zero-order chi connectivity index (χ0) is 11.3. The number of hydrogen-bond donors (Lipinski definition) is 0. The molecule has 6 heteroatoms.